The highest BCUT2D eigenvalue weighted by Crippen LogP contribution is 2.21. The van der Waals surface area contributed by atoms with Crippen LogP contribution in [0.2, 0.25) is 0 Å². The Kier molecular flexibility index (Phi) is 5.78. The van der Waals surface area contributed by atoms with Gasteiger partial charge in [0.1, 0.15) is 11.5 Å². The maximum atomic E-state index is 5.93. The highest BCUT2D eigenvalue weighted by atomic mass is 16.5. The Bertz CT molecular complexity index is 798. The highest BCUT2D eigenvalue weighted by molar-refractivity contribution is 5.83. The molecular weight excluding hydrogens is 310 g/mol. The minimum absolute atomic E-state index is 0.713. The lowest BCUT2D eigenvalue weighted by molar-refractivity contribution is 0.312. The second kappa shape index (κ2) is 8.43. The molecule has 3 nitrogen and oxygen atoms in total. The van der Waals surface area contributed by atoms with Crippen LogP contribution in [0.1, 0.15) is 13.3 Å². The lowest BCUT2D eigenvalue weighted by atomic mass is 10.1. The van der Waals surface area contributed by atoms with E-state index in [0.29, 0.717) is 6.61 Å². The van der Waals surface area contributed by atoms with Crippen LogP contribution in [0, 0.1) is 0 Å². The van der Waals surface area contributed by atoms with Gasteiger partial charge in [0.2, 0.25) is 0 Å². The number of rotatable bonds is 8. The van der Waals surface area contributed by atoms with Crippen molar-refractivity contribution < 1.29 is 9.47 Å². The largest absolute Gasteiger partial charge is 0.497 e. The number of fused-ring (bicyclic) bond motifs is 1. The van der Waals surface area contributed by atoms with Crippen molar-refractivity contribution in [1.82, 2.24) is 0 Å². The van der Waals surface area contributed by atoms with Crippen LogP contribution >= 0.6 is 0 Å². The third-order valence-electron chi connectivity index (χ3n) is 4.38. The van der Waals surface area contributed by atoms with Crippen molar-refractivity contribution in [2.75, 3.05) is 31.7 Å². The average Bonchev–Trinajstić information content (AvgIpc) is 2.68. The van der Waals surface area contributed by atoms with Crippen LogP contribution in [0.15, 0.2) is 66.7 Å². The van der Waals surface area contributed by atoms with Gasteiger partial charge in [0, 0.05) is 18.8 Å². The van der Waals surface area contributed by atoms with Crippen molar-refractivity contribution in [2.45, 2.75) is 13.3 Å². The van der Waals surface area contributed by atoms with Crippen LogP contribution in [0.25, 0.3) is 10.8 Å². The van der Waals surface area contributed by atoms with Gasteiger partial charge in [0.05, 0.1) is 13.7 Å². The Labute approximate surface area is 149 Å². The molecular formula is C22H25NO2. The van der Waals surface area contributed by atoms with Crippen LogP contribution in [0.5, 0.6) is 11.5 Å². The highest BCUT2D eigenvalue weighted by Gasteiger charge is 2.05. The second-order valence-electron chi connectivity index (χ2n) is 5.99. The molecule has 0 radical (unpaired) electrons. The Morgan fingerprint density at radius 3 is 2.28 bits per heavy atom. The zero-order valence-corrected chi connectivity index (χ0v) is 14.9. The molecule has 0 aliphatic rings. The first-order chi connectivity index (χ1) is 12.3. The van der Waals surface area contributed by atoms with Crippen LogP contribution in [0.4, 0.5) is 5.69 Å². The van der Waals surface area contributed by atoms with E-state index in [0.717, 1.165) is 31.0 Å². The van der Waals surface area contributed by atoms with E-state index in [2.05, 4.69) is 60.4 Å². The van der Waals surface area contributed by atoms with E-state index in [9.17, 15) is 0 Å². The molecule has 0 N–H and O–H groups in total. The third-order valence-corrected chi connectivity index (χ3v) is 4.38. The molecule has 0 saturated heterocycles. The number of benzene rings is 3. The zero-order valence-electron chi connectivity index (χ0n) is 14.9. The lowest BCUT2D eigenvalue weighted by Crippen LogP contribution is -2.25. The summed E-state index contributed by atoms with van der Waals surface area (Å²) in [5.41, 5.74) is 1.22. The Balaban J connectivity index is 1.51. The molecule has 0 fully saturated rings. The van der Waals surface area contributed by atoms with E-state index < -0.39 is 0 Å². The third kappa shape index (κ3) is 4.44. The fourth-order valence-electron chi connectivity index (χ4n) is 2.97. The summed E-state index contributed by atoms with van der Waals surface area (Å²) in [6, 6.07) is 22.8. The summed E-state index contributed by atoms with van der Waals surface area (Å²) in [6.45, 7) is 4.83. The number of hydrogen-bond acceptors (Lipinski definition) is 3. The molecule has 0 bridgehead atoms. The fraction of sp³-hybridized carbons (Fsp3) is 0.273. The van der Waals surface area contributed by atoms with E-state index in [1.54, 1.807) is 7.11 Å². The van der Waals surface area contributed by atoms with Crippen molar-refractivity contribution >= 4 is 16.5 Å². The van der Waals surface area contributed by atoms with Crippen LogP contribution in [-0.2, 0) is 0 Å². The first-order valence-corrected chi connectivity index (χ1v) is 8.81. The summed E-state index contributed by atoms with van der Waals surface area (Å²) in [7, 11) is 1.69. The zero-order chi connectivity index (χ0) is 17.5. The molecule has 25 heavy (non-hydrogen) atoms. The number of ether oxygens (including phenoxy) is 2. The van der Waals surface area contributed by atoms with Gasteiger partial charge < -0.3 is 14.4 Å². The van der Waals surface area contributed by atoms with E-state index in [1.807, 2.05) is 18.2 Å². The number of methoxy groups -OCH3 is 1. The predicted octanol–water partition coefficient (Wildman–Crippen LogP) is 5.14. The molecule has 0 aliphatic carbocycles. The van der Waals surface area contributed by atoms with Gasteiger partial charge >= 0.3 is 0 Å². The number of anilines is 1. The first-order valence-electron chi connectivity index (χ1n) is 8.81. The SMILES string of the molecule is CCN(CCCOc1ccc2ccccc2c1)c1ccc(OC)cc1. The van der Waals surface area contributed by atoms with Crippen molar-refractivity contribution in [3.8, 4) is 11.5 Å². The molecule has 0 heterocycles. The smallest absolute Gasteiger partial charge is 0.119 e. The van der Waals surface area contributed by atoms with Gasteiger partial charge in [-0.05, 0) is 60.5 Å². The van der Waals surface area contributed by atoms with E-state index in [-0.39, 0.29) is 0 Å². The molecule has 3 rings (SSSR count). The second-order valence-corrected chi connectivity index (χ2v) is 5.99. The van der Waals surface area contributed by atoms with Crippen LogP contribution < -0.4 is 14.4 Å². The summed E-state index contributed by atoms with van der Waals surface area (Å²) in [4.78, 5) is 2.35. The molecule has 0 unspecified atom stereocenters. The van der Waals surface area contributed by atoms with Gasteiger partial charge in [-0.1, -0.05) is 30.3 Å². The van der Waals surface area contributed by atoms with E-state index in [1.165, 1.54) is 16.5 Å². The van der Waals surface area contributed by atoms with Crippen LogP contribution in [0.3, 0.4) is 0 Å². The monoisotopic (exact) mass is 335 g/mol. The first kappa shape index (κ1) is 17.2. The summed E-state index contributed by atoms with van der Waals surface area (Å²) < 4.78 is 11.2. The van der Waals surface area contributed by atoms with Crippen LogP contribution in [-0.4, -0.2) is 26.8 Å². The van der Waals surface area contributed by atoms with Gasteiger partial charge in [-0.3, -0.25) is 0 Å². The maximum absolute atomic E-state index is 5.93. The molecule has 0 saturated carbocycles. The molecule has 0 aromatic heterocycles. The topological polar surface area (TPSA) is 21.7 Å². The Morgan fingerprint density at radius 2 is 1.56 bits per heavy atom. The van der Waals surface area contributed by atoms with Crippen molar-refractivity contribution in [1.29, 1.82) is 0 Å². The van der Waals surface area contributed by atoms with Gasteiger partial charge in [-0.25, -0.2) is 0 Å². The summed E-state index contributed by atoms with van der Waals surface area (Å²) in [5.74, 6) is 1.82. The van der Waals surface area contributed by atoms with E-state index >= 15 is 0 Å². The number of hydrogen-bond donors (Lipinski definition) is 0. The number of nitrogens with zero attached hydrogens (tertiary/aromatic N) is 1. The fourth-order valence-corrected chi connectivity index (χ4v) is 2.97. The van der Waals surface area contributed by atoms with Gasteiger partial charge in [-0.15, -0.1) is 0 Å². The standard InChI is InChI=1S/C22H25NO2/c1-3-23(20-10-13-21(24-2)14-11-20)15-6-16-25-22-12-9-18-7-4-5-8-19(18)17-22/h4-5,7-14,17H,3,6,15-16H2,1-2H3. The van der Waals surface area contributed by atoms with Gasteiger partial charge in [0.25, 0.3) is 0 Å². The van der Waals surface area contributed by atoms with Crippen molar-refractivity contribution in [3.05, 3.63) is 66.7 Å². The predicted molar refractivity (Wildman–Crippen MR) is 105 cm³/mol. The molecule has 0 atom stereocenters. The molecule has 0 amide bonds. The average molecular weight is 335 g/mol. The Morgan fingerprint density at radius 1 is 0.840 bits per heavy atom. The Hall–Kier alpha value is -2.68. The normalized spacial score (nSPS) is 10.6. The molecule has 3 heteroatoms. The van der Waals surface area contributed by atoms with Crippen molar-refractivity contribution in [3.63, 3.8) is 0 Å². The summed E-state index contributed by atoms with van der Waals surface area (Å²) >= 11 is 0. The van der Waals surface area contributed by atoms with E-state index in [4.69, 9.17) is 9.47 Å². The summed E-state index contributed by atoms with van der Waals surface area (Å²) in [5, 5.41) is 2.46. The minimum Gasteiger partial charge on any atom is -0.497 e. The van der Waals surface area contributed by atoms with Gasteiger partial charge in [0.15, 0.2) is 0 Å². The lowest BCUT2D eigenvalue weighted by Gasteiger charge is -2.23. The molecule has 130 valence electrons. The molecule has 3 aromatic rings. The van der Waals surface area contributed by atoms with Crippen molar-refractivity contribution in [2.24, 2.45) is 0 Å². The molecule has 3 aromatic carbocycles. The minimum atomic E-state index is 0.713. The maximum Gasteiger partial charge on any atom is 0.119 e. The quantitative estimate of drug-likeness (QED) is 0.532. The summed E-state index contributed by atoms with van der Waals surface area (Å²) in [6.07, 6.45) is 0.979. The molecule has 0 spiro atoms. The van der Waals surface area contributed by atoms with Gasteiger partial charge in [-0.2, -0.15) is 0 Å². The molecule has 0 aliphatic heterocycles.